The molecule has 2 aromatic rings. The summed E-state index contributed by atoms with van der Waals surface area (Å²) in [4.78, 5) is 33.7. The van der Waals surface area contributed by atoms with Crippen LogP contribution in [-0.4, -0.2) is 84.8 Å². The second-order valence-corrected chi connectivity index (χ2v) is 8.97. The van der Waals surface area contributed by atoms with Crippen molar-refractivity contribution in [3.05, 3.63) is 60.2 Å². The van der Waals surface area contributed by atoms with E-state index in [0.29, 0.717) is 51.6 Å². The largest absolute Gasteiger partial charge is 0.490 e. The normalized spacial score (nSPS) is 20.5. The van der Waals surface area contributed by atoms with Gasteiger partial charge in [-0.25, -0.2) is 4.39 Å². The predicted molar refractivity (Wildman–Crippen MR) is 126 cm³/mol. The summed E-state index contributed by atoms with van der Waals surface area (Å²) in [6.07, 6.45) is 5.53. The number of morpholine rings is 2. The SMILES string of the molecule is O=C(CC1(COc2ccc(F)cc2)CN(C(=O)CCCc2ccncc2)CCO1)N1CCOCC1. The first-order valence-electron chi connectivity index (χ1n) is 12.1. The molecule has 1 aromatic heterocycles. The van der Waals surface area contributed by atoms with E-state index in [9.17, 15) is 14.0 Å². The Bertz CT molecular complexity index is 969. The van der Waals surface area contributed by atoms with Crippen molar-refractivity contribution in [1.82, 2.24) is 14.8 Å². The molecule has 2 aliphatic rings. The number of hydrogen-bond acceptors (Lipinski definition) is 6. The Morgan fingerprint density at radius 2 is 1.69 bits per heavy atom. The molecule has 0 spiro atoms. The third kappa shape index (κ3) is 7.22. The molecule has 1 atom stereocenters. The molecule has 188 valence electrons. The Hall–Kier alpha value is -3.04. The van der Waals surface area contributed by atoms with Crippen molar-refractivity contribution in [2.24, 2.45) is 0 Å². The molecule has 0 aliphatic carbocycles. The van der Waals surface area contributed by atoms with Gasteiger partial charge >= 0.3 is 0 Å². The van der Waals surface area contributed by atoms with Gasteiger partial charge < -0.3 is 24.0 Å². The van der Waals surface area contributed by atoms with E-state index in [0.717, 1.165) is 18.4 Å². The lowest BCUT2D eigenvalue weighted by molar-refractivity contribution is -0.167. The minimum atomic E-state index is -0.983. The van der Waals surface area contributed by atoms with Gasteiger partial charge in [-0.05, 0) is 54.8 Å². The van der Waals surface area contributed by atoms with Crippen LogP contribution in [0.3, 0.4) is 0 Å². The molecule has 2 aliphatic heterocycles. The van der Waals surface area contributed by atoms with Crippen molar-refractivity contribution >= 4 is 11.8 Å². The van der Waals surface area contributed by atoms with Gasteiger partial charge in [0, 0.05) is 38.4 Å². The fourth-order valence-corrected chi connectivity index (χ4v) is 4.40. The first kappa shape index (κ1) is 25.1. The van der Waals surface area contributed by atoms with Crippen LogP contribution in [0.15, 0.2) is 48.8 Å². The smallest absolute Gasteiger partial charge is 0.225 e. The lowest BCUT2D eigenvalue weighted by atomic mass is 9.96. The summed E-state index contributed by atoms with van der Waals surface area (Å²) >= 11 is 0. The summed E-state index contributed by atoms with van der Waals surface area (Å²) in [5.74, 6) is 0.108. The highest BCUT2D eigenvalue weighted by Crippen LogP contribution is 2.26. The zero-order valence-corrected chi connectivity index (χ0v) is 19.9. The lowest BCUT2D eigenvalue weighted by Gasteiger charge is -2.43. The van der Waals surface area contributed by atoms with Crippen LogP contribution in [0.4, 0.5) is 4.39 Å². The van der Waals surface area contributed by atoms with Gasteiger partial charge in [0.05, 0.1) is 32.8 Å². The molecular weight excluding hydrogens is 453 g/mol. The number of carbonyl (C=O) groups is 2. The maximum Gasteiger partial charge on any atom is 0.225 e. The number of nitrogens with zero attached hydrogens (tertiary/aromatic N) is 3. The Kier molecular flexibility index (Phi) is 8.65. The van der Waals surface area contributed by atoms with Crippen molar-refractivity contribution in [3.63, 3.8) is 0 Å². The van der Waals surface area contributed by atoms with Gasteiger partial charge in [0.15, 0.2) is 0 Å². The number of pyridine rings is 1. The first-order chi connectivity index (χ1) is 17.0. The van der Waals surface area contributed by atoms with Crippen molar-refractivity contribution < 1.29 is 28.2 Å². The van der Waals surface area contributed by atoms with E-state index in [1.165, 1.54) is 24.3 Å². The maximum absolute atomic E-state index is 13.3. The van der Waals surface area contributed by atoms with Crippen molar-refractivity contribution in [3.8, 4) is 5.75 Å². The molecule has 1 unspecified atom stereocenters. The van der Waals surface area contributed by atoms with Crippen LogP contribution in [0.5, 0.6) is 5.75 Å². The zero-order chi connectivity index (χ0) is 24.5. The molecular formula is C26H32FN3O5. The fourth-order valence-electron chi connectivity index (χ4n) is 4.40. The van der Waals surface area contributed by atoms with Crippen LogP contribution < -0.4 is 4.74 Å². The summed E-state index contributed by atoms with van der Waals surface area (Å²) < 4.78 is 30.7. The number of aryl methyl sites for hydroxylation is 1. The minimum absolute atomic E-state index is 0.0346. The molecule has 9 heteroatoms. The third-order valence-electron chi connectivity index (χ3n) is 6.36. The van der Waals surface area contributed by atoms with Crippen LogP contribution in [0.25, 0.3) is 0 Å². The van der Waals surface area contributed by atoms with E-state index in [1.54, 1.807) is 22.2 Å². The first-order valence-corrected chi connectivity index (χ1v) is 12.1. The lowest BCUT2D eigenvalue weighted by Crippen LogP contribution is -2.58. The van der Waals surface area contributed by atoms with E-state index in [4.69, 9.17) is 14.2 Å². The van der Waals surface area contributed by atoms with Crippen LogP contribution >= 0.6 is 0 Å². The number of amides is 2. The number of aromatic nitrogens is 1. The fraction of sp³-hybridized carbons (Fsp3) is 0.500. The Labute approximate surface area is 205 Å². The van der Waals surface area contributed by atoms with Gasteiger partial charge in [-0.3, -0.25) is 14.6 Å². The van der Waals surface area contributed by atoms with E-state index < -0.39 is 5.60 Å². The van der Waals surface area contributed by atoms with Crippen molar-refractivity contribution in [2.75, 3.05) is 52.6 Å². The molecule has 0 saturated carbocycles. The quantitative estimate of drug-likeness (QED) is 0.543. The highest BCUT2D eigenvalue weighted by molar-refractivity contribution is 5.79. The second kappa shape index (κ2) is 12.1. The van der Waals surface area contributed by atoms with Crippen LogP contribution in [0, 0.1) is 5.82 Å². The highest BCUT2D eigenvalue weighted by Gasteiger charge is 2.42. The third-order valence-corrected chi connectivity index (χ3v) is 6.36. The molecule has 0 N–H and O–H groups in total. The summed E-state index contributed by atoms with van der Waals surface area (Å²) in [6.45, 7) is 3.21. The highest BCUT2D eigenvalue weighted by atomic mass is 19.1. The van der Waals surface area contributed by atoms with Crippen molar-refractivity contribution in [2.45, 2.75) is 31.3 Å². The van der Waals surface area contributed by atoms with E-state index >= 15 is 0 Å². The van der Waals surface area contributed by atoms with Gasteiger partial charge in [-0.2, -0.15) is 0 Å². The number of hydrogen-bond donors (Lipinski definition) is 0. The molecule has 0 bridgehead atoms. The molecule has 1 aromatic carbocycles. The Morgan fingerprint density at radius 3 is 2.43 bits per heavy atom. The second-order valence-electron chi connectivity index (χ2n) is 8.97. The average molecular weight is 486 g/mol. The van der Waals surface area contributed by atoms with E-state index in [1.807, 2.05) is 12.1 Å². The summed E-state index contributed by atoms with van der Waals surface area (Å²) in [6, 6.07) is 9.63. The molecule has 3 heterocycles. The Morgan fingerprint density at radius 1 is 0.971 bits per heavy atom. The monoisotopic (exact) mass is 485 g/mol. The molecule has 4 rings (SSSR count). The number of benzene rings is 1. The van der Waals surface area contributed by atoms with Crippen LogP contribution in [-0.2, 0) is 25.5 Å². The summed E-state index contributed by atoms with van der Waals surface area (Å²) in [5, 5.41) is 0. The maximum atomic E-state index is 13.3. The van der Waals surface area contributed by atoms with Crippen LogP contribution in [0.2, 0.25) is 0 Å². The molecule has 35 heavy (non-hydrogen) atoms. The van der Waals surface area contributed by atoms with Crippen LogP contribution in [0.1, 0.15) is 24.8 Å². The molecule has 8 nitrogen and oxygen atoms in total. The van der Waals surface area contributed by atoms with E-state index in [-0.39, 0.29) is 37.2 Å². The summed E-state index contributed by atoms with van der Waals surface area (Å²) in [5.41, 5.74) is 0.163. The van der Waals surface area contributed by atoms with Crippen molar-refractivity contribution in [1.29, 1.82) is 0 Å². The summed E-state index contributed by atoms with van der Waals surface area (Å²) in [7, 11) is 0. The van der Waals surface area contributed by atoms with Gasteiger partial charge in [0.1, 0.15) is 23.8 Å². The van der Waals surface area contributed by atoms with Gasteiger partial charge in [-0.1, -0.05) is 0 Å². The molecule has 2 amide bonds. The number of halogens is 1. The topological polar surface area (TPSA) is 81.2 Å². The molecule has 0 radical (unpaired) electrons. The number of ether oxygens (including phenoxy) is 3. The zero-order valence-electron chi connectivity index (χ0n) is 19.9. The van der Waals surface area contributed by atoms with E-state index in [2.05, 4.69) is 4.98 Å². The molecule has 2 fully saturated rings. The minimum Gasteiger partial charge on any atom is -0.490 e. The molecule has 2 saturated heterocycles. The standard InChI is InChI=1S/C26H32FN3O5/c27-22-4-6-23(7-5-22)34-20-26(18-25(32)29-12-15-33-16-13-29)19-30(14-17-35-26)24(31)3-1-2-21-8-10-28-11-9-21/h4-11H,1-3,12-20H2. The average Bonchev–Trinajstić information content (AvgIpc) is 2.89. The predicted octanol–water partition coefficient (Wildman–Crippen LogP) is 2.47. The van der Waals surface area contributed by atoms with Gasteiger partial charge in [0.25, 0.3) is 0 Å². The van der Waals surface area contributed by atoms with Gasteiger partial charge in [0.2, 0.25) is 11.8 Å². The Balaban J connectivity index is 1.40. The number of carbonyl (C=O) groups excluding carboxylic acids is 2. The number of rotatable bonds is 9. The van der Waals surface area contributed by atoms with Gasteiger partial charge in [-0.15, -0.1) is 0 Å².